The molecule has 0 spiro atoms. The average molecular weight is 551 g/mol. The second-order valence-electron chi connectivity index (χ2n) is 11.4. The summed E-state index contributed by atoms with van der Waals surface area (Å²) in [4.78, 5) is 12.9. The van der Waals surface area contributed by atoms with Gasteiger partial charge in [0.2, 0.25) is 0 Å². The lowest BCUT2D eigenvalue weighted by molar-refractivity contribution is 0.0116. The first-order valence-corrected chi connectivity index (χ1v) is 14.4. The predicted octanol–water partition coefficient (Wildman–Crippen LogP) is 6.85. The maximum atomic E-state index is 11.3. The second-order valence-corrected chi connectivity index (χ2v) is 11.4. The minimum absolute atomic E-state index is 0.194. The van der Waals surface area contributed by atoms with Crippen molar-refractivity contribution in [3.8, 4) is 11.5 Å². The second kappa shape index (κ2) is 11.1. The van der Waals surface area contributed by atoms with Crippen LogP contribution in [0.4, 0.5) is 5.82 Å². The van der Waals surface area contributed by atoms with Gasteiger partial charge in [0, 0.05) is 24.4 Å². The Balaban J connectivity index is 1.55. The van der Waals surface area contributed by atoms with E-state index in [0.717, 1.165) is 69.0 Å². The number of rotatable bonds is 9. The molecule has 2 atom stereocenters. The quantitative estimate of drug-likeness (QED) is 0.216. The third kappa shape index (κ3) is 5.34. The van der Waals surface area contributed by atoms with E-state index in [1.807, 2.05) is 37.3 Å². The molecule has 0 aliphatic carbocycles. The molecule has 7 nitrogen and oxygen atoms in total. The number of hydrogen-bond donors (Lipinski definition) is 1. The van der Waals surface area contributed by atoms with Crippen LogP contribution in [0.1, 0.15) is 56.0 Å². The van der Waals surface area contributed by atoms with Crippen molar-refractivity contribution in [1.29, 1.82) is 0 Å². The van der Waals surface area contributed by atoms with Gasteiger partial charge in [-0.15, -0.1) is 0 Å². The molecule has 2 unspecified atom stereocenters. The van der Waals surface area contributed by atoms with Gasteiger partial charge in [0.25, 0.3) is 0 Å². The number of anilines is 1. The summed E-state index contributed by atoms with van der Waals surface area (Å²) in [6.07, 6.45) is 2.74. The number of methoxy groups -OCH3 is 2. The van der Waals surface area contributed by atoms with Crippen molar-refractivity contribution in [2.45, 2.75) is 64.3 Å². The Morgan fingerprint density at radius 3 is 2.10 bits per heavy atom. The van der Waals surface area contributed by atoms with Gasteiger partial charge in [-0.2, -0.15) is 0 Å². The lowest BCUT2D eigenvalue weighted by Gasteiger charge is -2.35. The number of para-hydroxylation sites is 1. The minimum Gasteiger partial charge on any atom is -0.497 e. The van der Waals surface area contributed by atoms with Gasteiger partial charge in [-0.1, -0.05) is 55.8 Å². The van der Waals surface area contributed by atoms with Crippen LogP contribution in [0.3, 0.4) is 0 Å². The summed E-state index contributed by atoms with van der Waals surface area (Å²) in [7, 11) is 3.37. The maximum Gasteiger partial charge on any atom is 0.158 e. The number of aromatic nitrogens is 3. The first-order valence-electron chi connectivity index (χ1n) is 14.4. The van der Waals surface area contributed by atoms with Gasteiger partial charge < -0.3 is 24.0 Å². The fraction of sp³-hybridized carbons (Fsp3) is 0.353. The molecule has 0 fully saturated rings. The Morgan fingerprint density at radius 1 is 0.902 bits per heavy atom. The van der Waals surface area contributed by atoms with Gasteiger partial charge in [0.05, 0.1) is 37.4 Å². The summed E-state index contributed by atoms with van der Waals surface area (Å²) in [5.41, 5.74) is 4.37. The molecule has 1 N–H and O–H groups in total. The standard InChI is InChI=1S/C34H38N4O3/c1-5-8-25-19-34(2,39)22-38-31-28-9-6-7-10-29(28)35-33(30(31)36-32(25)38)37(20-23-11-15-26(40-3)16-12-23)21-24-13-17-27(41-4)18-14-24/h6-7,9-18,25,39H,5,8,19-22H2,1-4H3. The molecule has 3 aromatic carbocycles. The third-order valence-corrected chi connectivity index (χ3v) is 8.15. The van der Waals surface area contributed by atoms with E-state index in [9.17, 15) is 5.11 Å². The van der Waals surface area contributed by atoms with Gasteiger partial charge in [0.15, 0.2) is 5.82 Å². The fourth-order valence-corrected chi connectivity index (χ4v) is 6.24. The monoisotopic (exact) mass is 550 g/mol. The van der Waals surface area contributed by atoms with Crippen LogP contribution in [0.15, 0.2) is 72.8 Å². The summed E-state index contributed by atoms with van der Waals surface area (Å²) in [6, 6.07) is 24.7. The average Bonchev–Trinajstić information content (AvgIpc) is 3.36. The number of nitrogens with zero attached hydrogens (tertiary/aromatic N) is 4. The first-order chi connectivity index (χ1) is 19.9. The molecule has 0 bridgehead atoms. The Labute approximate surface area is 241 Å². The zero-order chi connectivity index (χ0) is 28.6. The summed E-state index contributed by atoms with van der Waals surface area (Å²) in [5, 5.41) is 12.4. The highest BCUT2D eigenvalue weighted by Gasteiger charge is 2.37. The summed E-state index contributed by atoms with van der Waals surface area (Å²) >= 11 is 0. The van der Waals surface area contributed by atoms with E-state index in [2.05, 4.69) is 58.9 Å². The highest BCUT2D eigenvalue weighted by molar-refractivity contribution is 6.07. The Bertz CT molecular complexity index is 1610. The van der Waals surface area contributed by atoms with E-state index in [-0.39, 0.29) is 5.92 Å². The van der Waals surface area contributed by atoms with E-state index in [0.29, 0.717) is 26.1 Å². The van der Waals surface area contributed by atoms with Gasteiger partial charge in [-0.3, -0.25) is 0 Å². The molecular formula is C34H38N4O3. The van der Waals surface area contributed by atoms with Crippen LogP contribution in [0.25, 0.3) is 21.9 Å². The van der Waals surface area contributed by atoms with E-state index in [4.69, 9.17) is 19.4 Å². The van der Waals surface area contributed by atoms with Crippen LogP contribution < -0.4 is 14.4 Å². The van der Waals surface area contributed by atoms with Crippen molar-refractivity contribution in [2.24, 2.45) is 0 Å². The summed E-state index contributed by atoms with van der Waals surface area (Å²) < 4.78 is 13.1. The van der Waals surface area contributed by atoms with Crippen molar-refractivity contribution in [3.05, 3.63) is 89.7 Å². The van der Waals surface area contributed by atoms with Crippen molar-refractivity contribution in [2.75, 3.05) is 19.1 Å². The number of benzene rings is 3. The predicted molar refractivity (Wildman–Crippen MR) is 164 cm³/mol. The molecule has 5 aromatic rings. The van der Waals surface area contributed by atoms with E-state index >= 15 is 0 Å². The molecule has 41 heavy (non-hydrogen) atoms. The number of ether oxygens (including phenoxy) is 2. The number of fused-ring (bicyclic) bond motifs is 5. The Hall–Kier alpha value is -4.10. The smallest absolute Gasteiger partial charge is 0.158 e. The fourth-order valence-electron chi connectivity index (χ4n) is 6.24. The van der Waals surface area contributed by atoms with Crippen molar-refractivity contribution in [1.82, 2.24) is 14.5 Å². The Kier molecular flexibility index (Phi) is 7.30. The maximum absolute atomic E-state index is 11.3. The van der Waals surface area contributed by atoms with Gasteiger partial charge in [-0.25, -0.2) is 9.97 Å². The topological polar surface area (TPSA) is 72.6 Å². The van der Waals surface area contributed by atoms with Crippen molar-refractivity contribution < 1.29 is 14.6 Å². The van der Waals surface area contributed by atoms with Crippen LogP contribution in [0.2, 0.25) is 0 Å². The highest BCUT2D eigenvalue weighted by Crippen LogP contribution is 2.42. The van der Waals surface area contributed by atoms with E-state index in [1.165, 1.54) is 0 Å². The molecule has 1 aliphatic rings. The minimum atomic E-state index is -0.795. The van der Waals surface area contributed by atoms with Crippen LogP contribution in [-0.4, -0.2) is 39.5 Å². The third-order valence-electron chi connectivity index (χ3n) is 8.15. The summed E-state index contributed by atoms with van der Waals surface area (Å²) in [5.74, 6) is 3.76. The van der Waals surface area contributed by atoms with E-state index in [1.54, 1.807) is 14.2 Å². The van der Waals surface area contributed by atoms with Gasteiger partial charge >= 0.3 is 0 Å². The molecule has 212 valence electrons. The SMILES string of the molecule is CCCC1CC(C)(O)Cn2c1nc1c(N(Cc3ccc(OC)cc3)Cc3ccc(OC)cc3)nc3ccccc3c12. The Morgan fingerprint density at radius 2 is 1.51 bits per heavy atom. The molecule has 6 rings (SSSR count). The lowest BCUT2D eigenvalue weighted by atomic mass is 9.85. The van der Waals surface area contributed by atoms with Crippen molar-refractivity contribution in [3.63, 3.8) is 0 Å². The molecule has 0 radical (unpaired) electrons. The summed E-state index contributed by atoms with van der Waals surface area (Å²) in [6.45, 7) is 5.96. The normalized spacial score (nSPS) is 18.4. The largest absolute Gasteiger partial charge is 0.497 e. The highest BCUT2D eigenvalue weighted by atomic mass is 16.5. The lowest BCUT2D eigenvalue weighted by Crippen LogP contribution is -2.38. The molecule has 7 heteroatoms. The van der Waals surface area contributed by atoms with Crippen LogP contribution in [0, 0.1) is 0 Å². The van der Waals surface area contributed by atoms with Gasteiger partial charge in [0.1, 0.15) is 22.8 Å². The molecule has 1 aliphatic heterocycles. The van der Waals surface area contributed by atoms with Gasteiger partial charge in [-0.05, 0) is 61.2 Å². The molecule has 0 saturated carbocycles. The number of aliphatic hydroxyl groups is 1. The van der Waals surface area contributed by atoms with Crippen molar-refractivity contribution >= 4 is 27.8 Å². The molecule has 0 amide bonds. The number of hydrogen-bond acceptors (Lipinski definition) is 6. The van der Waals surface area contributed by atoms with Crippen LogP contribution in [-0.2, 0) is 19.6 Å². The van der Waals surface area contributed by atoms with Crippen LogP contribution in [0.5, 0.6) is 11.5 Å². The molecule has 3 heterocycles. The molecule has 2 aromatic heterocycles. The number of imidazole rings is 1. The number of pyridine rings is 1. The zero-order valence-corrected chi connectivity index (χ0v) is 24.3. The molecular weight excluding hydrogens is 512 g/mol. The first kappa shape index (κ1) is 27.1. The van der Waals surface area contributed by atoms with Crippen LogP contribution >= 0.6 is 0 Å². The zero-order valence-electron chi connectivity index (χ0n) is 24.3. The molecule has 0 saturated heterocycles. The van der Waals surface area contributed by atoms with E-state index < -0.39 is 5.60 Å².